The van der Waals surface area contributed by atoms with Crippen LogP contribution in [0.1, 0.15) is 11.1 Å². The minimum atomic E-state index is 0.809. The van der Waals surface area contributed by atoms with Gasteiger partial charge in [-0.2, -0.15) is 0 Å². The van der Waals surface area contributed by atoms with Gasteiger partial charge in [-0.3, -0.25) is 9.80 Å². The van der Waals surface area contributed by atoms with Crippen LogP contribution in [0.2, 0.25) is 0 Å². The molecule has 4 nitrogen and oxygen atoms in total. The standard InChI is InChI=1S/C38H28N4/c1-5-17-29(18-6-1)41(30-19-7-2-8-20-30)37-33-25-13-15-27-35(33)40-38(34-26-14-16-28-36(34)39-37)42(31-21-9-3-10-22-31)32-23-11-4-12-24-32/h1-28H/b37-33?,38-34?,39-36?,39-37+,40-35?,40-38+. The van der Waals surface area contributed by atoms with E-state index in [0.29, 0.717) is 0 Å². The molecule has 7 rings (SSSR count). The number of anilines is 4. The van der Waals surface area contributed by atoms with Crippen molar-refractivity contribution in [1.29, 1.82) is 0 Å². The highest BCUT2D eigenvalue weighted by Gasteiger charge is 2.27. The second-order valence-corrected chi connectivity index (χ2v) is 9.92. The number of benzene rings is 6. The van der Waals surface area contributed by atoms with Crippen LogP contribution in [-0.4, -0.2) is 11.7 Å². The molecule has 1 heterocycles. The fourth-order valence-corrected chi connectivity index (χ4v) is 5.31. The molecule has 42 heavy (non-hydrogen) atoms. The van der Waals surface area contributed by atoms with Crippen LogP contribution in [0.5, 0.6) is 0 Å². The summed E-state index contributed by atoms with van der Waals surface area (Å²) in [5.41, 5.74) is 7.66. The lowest BCUT2D eigenvalue weighted by Crippen LogP contribution is -2.30. The summed E-state index contributed by atoms with van der Waals surface area (Å²) in [5.74, 6) is 1.62. The van der Waals surface area contributed by atoms with Gasteiger partial charge in [-0.1, -0.05) is 97.1 Å². The van der Waals surface area contributed by atoms with E-state index in [1.165, 1.54) is 0 Å². The number of aliphatic imine (C=N–C) groups is 2. The number of para-hydroxylation sites is 6. The number of rotatable bonds is 4. The predicted molar refractivity (Wildman–Crippen MR) is 175 cm³/mol. The average Bonchev–Trinajstić information content (AvgIpc) is 3.06. The van der Waals surface area contributed by atoms with E-state index in [2.05, 4.69) is 143 Å². The Bertz CT molecular complexity index is 1650. The van der Waals surface area contributed by atoms with Crippen LogP contribution in [0.25, 0.3) is 0 Å². The van der Waals surface area contributed by atoms with Crippen LogP contribution in [0, 0.1) is 0 Å². The maximum absolute atomic E-state index is 5.45. The van der Waals surface area contributed by atoms with Gasteiger partial charge in [0, 0.05) is 33.9 Å². The van der Waals surface area contributed by atoms with E-state index in [0.717, 1.165) is 56.9 Å². The largest absolute Gasteiger partial charge is 0.294 e. The normalized spacial score (nSPS) is 14.6. The Morgan fingerprint density at radius 2 is 0.548 bits per heavy atom. The highest BCUT2D eigenvalue weighted by molar-refractivity contribution is 6.23. The first-order valence-corrected chi connectivity index (χ1v) is 14.0. The SMILES string of the molecule is c1ccc(N(/C2=N/c3ccccc3/C(N(c3ccccc3)c3ccccc3)=N\c3ccccc32)c2ccccc2)cc1. The minimum Gasteiger partial charge on any atom is -0.294 e. The van der Waals surface area contributed by atoms with Crippen LogP contribution < -0.4 is 9.80 Å². The highest BCUT2D eigenvalue weighted by Crippen LogP contribution is 2.38. The maximum atomic E-state index is 5.45. The number of nitrogens with zero attached hydrogens (tertiary/aromatic N) is 4. The van der Waals surface area contributed by atoms with Crippen molar-refractivity contribution in [3.05, 3.63) is 181 Å². The number of fused-ring (bicyclic) bond motifs is 2. The molecule has 1 aliphatic rings. The Labute approximate surface area is 246 Å². The molecule has 0 fully saturated rings. The molecule has 4 heteroatoms. The molecule has 0 saturated carbocycles. The molecule has 0 radical (unpaired) electrons. The van der Waals surface area contributed by atoms with E-state index >= 15 is 0 Å². The molecular formula is C38H28N4. The van der Waals surface area contributed by atoms with Gasteiger partial charge >= 0.3 is 0 Å². The quantitative estimate of drug-likeness (QED) is 0.223. The van der Waals surface area contributed by atoms with Crippen molar-refractivity contribution in [2.24, 2.45) is 9.98 Å². The van der Waals surface area contributed by atoms with Crippen molar-refractivity contribution in [2.75, 3.05) is 9.80 Å². The first kappa shape index (κ1) is 25.2. The third-order valence-corrected chi connectivity index (χ3v) is 7.22. The first-order chi connectivity index (χ1) is 20.9. The fourth-order valence-electron chi connectivity index (χ4n) is 5.31. The molecule has 0 bridgehead atoms. The van der Waals surface area contributed by atoms with Crippen molar-refractivity contribution in [3.63, 3.8) is 0 Å². The smallest absolute Gasteiger partial charge is 0.147 e. The second kappa shape index (κ2) is 11.4. The summed E-state index contributed by atoms with van der Waals surface area (Å²) >= 11 is 0. The Hall–Kier alpha value is -5.74. The van der Waals surface area contributed by atoms with Crippen molar-refractivity contribution in [3.8, 4) is 0 Å². The van der Waals surface area contributed by atoms with Gasteiger partial charge < -0.3 is 0 Å². The summed E-state index contributed by atoms with van der Waals surface area (Å²) in [6.07, 6.45) is 0. The molecule has 6 aromatic rings. The lowest BCUT2D eigenvalue weighted by Gasteiger charge is -2.31. The third kappa shape index (κ3) is 4.87. The zero-order chi connectivity index (χ0) is 28.1. The van der Waals surface area contributed by atoms with Crippen molar-refractivity contribution in [1.82, 2.24) is 0 Å². The Balaban J connectivity index is 1.51. The fraction of sp³-hybridized carbons (Fsp3) is 0. The molecule has 6 aromatic carbocycles. The lowest BCUT2D eigenvalue weighted by molar-refractivity contribution is 1.26. The molecule has 1 aliphatic heterocycles. The molecule has 0 atom stereocenters. The van der Waals surface area contributed by atoms with E-state index in [4.69, 9.17) is 9.98 Å². The molecule has 0 aliphatic carbocycles. The van der Waals surface area contributed by atoms with E-state index in [1.54, 1.807) is 0 Å². The van der Waals surface area contributed by atoms with Crippen LogP contribution in [0.15, 0.2) is 180 Å². The zero-order valence-corrected chi connectivity index (χ0v) is 23.0. The van der Waals surface area contributed by atoms with Gasteiger partial charge in [0.05, 0.1) is 11.4 Å². The van der Waals surface area contributed by atoms with E-state index in [-0.39, 0.29) is 0 Å². The Kier molecular flexibility index (Phi) is 6.85. The second-order valence-electron chi connectivity index (χ2n) is 9.92. The van der Waals surface area contributed by atoms with Gasteiger partial charge in [0.1, 0.15) is 11.7 Å². The topological polar surface area (TPSA) is 31.2 Å². The molecule has 0 N–H and O–H groups in total. The number of amidine groups is 2. The van der Waals surface area contributed by atoms with Gasteiger partial charge in [-0.15, -0.1) is 0 Å². The van der Waals surface area contributed by atoms with Gasteiger partial charge in [-0.05, 0) is 72.8 Å². The summed E-state index contributed by atoms with van der Waals surface area (Å²) in [4.78, 5) is 15.3. The molecule has 0 aromatic heterocycles. The number of hydrogen-bond acceptors (Lipinski definition) is 4. The molecule has 200 valence electrons. The third-order valence-electron chi connectivity index (χ3n) is 7.22. The molecule has 0 unspecified atom stereocenters. The van der Waals surface area contributed by atoms with Gasteiger partial charge in [0.2, 0.25) is 0 Å². The molecule has 0 amide bonds. The van der Waals surface area contributed by atoms with Crippen molar-refractivity contribution >= 4 is 45.8 Å². The van der Waals surface area contributed by atoms with Gasteiger partial charge in [-0.25, -0.2) is 9.98 Å². The Morgan fingerprint density at radius 3 is 0.857 bits per heavy atom. The monoisotopic (exact) mass is 540 g/mol. The minimum absolute atomic E-state index is 0.809. The maximum Gasteiger partial charge on any atom is 0.147 e. The average molecular weight is 541 g/mol. The summed E-state index contributed by atoms with van der Waals surface area (Å²) in [6.45, 7) is 0. The summed E-state index contributed by atoms with van der Waals surface area (Å²) in [6, 6.07) is 58.1. The van der Waals surface area contributed by atoms with E-state index in [1.807, 2.05) is 36.4 Å². The van der Waals surface area contributed by atoms with Gasteiger partial charge in [0.25, 0.3) is 0 Å². The zero-order valence-electron chi connectivity index (χ0n) is 23.0. The summed E-state index contributed by atoms with van der Waals surface area (Å²) in [5, 5.41) is 0. The van der Waals surface area contributed by atoms with Gasteiger partial charge in [0.15, 0.2) is 0 Å². The van der Waals surface area contributed by atoms with Crippen molar-refractivity contribution in [2.45, 2.75) is 0 Å². The predicted octanol–water partition coefficient (Wildman–Crippen LogP) is 9.83. The first-order valence-electron chi connectivity index (χ1n) is 14.0. The molecule has 0 spiro atoms. The summed E-state index contributed by atoms with van der Waals surface area (Å²) < 4.78 is 0. The van der Waals surface area contributed by atoms with Crippen molar-refractivity contribution < 1.29 is 0 Å². The highest BCUT2D eigenvalue weighted by atomic mass is 15.2. The number of hydrogen-bond donors (Lipinski definition) is 0. The summed E-state index contributed by atoms with van der Waals surface area (Å²) in [7, 11) is 0. The lowest BCUT2D eigenvalue weighted by atomic mass is 10.0. The van der Waals surface area contributed by atoms with E-state index in [9.17, 15) is 0 Å². The van der Waals surface area contributed by atoms with Crippen LogP contribution in [0.3, 0.4) is 0 Å². The molecule has 0 saturated heterocycles. The van der Waals surface area contributed by atoms with E-state index < -0.39 is 0 Å². The molecular weight excluding hydrogens is 512 g/mol. The van der Waals surface area contributed by atoms with Crippen LogP contribution in [0.4, 0.5) is 34.1 Å². The van der Waals surface area contributed by atoms with Crippen LogP contribution >= 0.6 is 0 Å². The Morgan fingerprint density at radius 1 is 0.286 bits per heavy atom. The van der Waals surface area contributed by atoms with Crippen LogP contribution in [-0.2, 0) is 0 Å².